The van der Waals surface area contributed by atoms with E-state index in [0.29, 0.717) is 25.7 Å². The minimum atomic E-state index is -1.28. The molecule has 1 saturated heterocycles. The van der Waals surface area contributed by atoms with Gasteiger partial charge in [0.05, 0.1) is 19.3 Å². The van der Waals surface area contributed by atoms with Gasteiger partial charge in [0.1, 0.15) is 6.17 Å². The summed E-state index contributed by atoms with van der Waals surface area (Å²) in [5.74, 6) is -0.344. The number of esters is 1. The predicted octanol–water partition coefficient (Wildman–Crippen LogP) is 6.69. The zero-order valence-corrected chi connectivity index (χ0v) is 22.6. The fourth-order valence-corrected chi connectivity index (χ4v) is 5.27. The van der Waals surface area contributed by atoms with Crippen LogP contribution in [-0.2, 0) is 19.0 Å². The average Bonchev–Trinajstić information content (AvgIpc) is 3.14. The highest BCUT2D eigenvalue weighted by atomic mass is 19.1. The summed E-state index contributed by atoms with van der Waals surface area (Å²) >= 11 is 0. The summed E-state index contributed by atoms with van der Waals surface area (Å²) in [7, 11) is 1.37. The Hall–Kier alpha value is -1.24. The van der Waals surface area contributed by atoms with Crippen LogP contribution < -0.4 is 0 Å². The molecule has 1 aliphatic heterocycles. The van der Waals surface area contributed by atoms with Crippen LogP contribution in [0.1, 0.15) is 98.3 Å². The van der Waals surface area contributed by atoms with E-state index in [4.69, 9.17) is 9.47 Å². The third-order valence-electron chi connectivity index (χ3n) is 8.05. The Morgan fingerprint density at radius 1 is 1.23 bits per heavy atom. The van der Waals surface area contributed by atoms with Crippen molar-refractivity contribution < 1.29 is 28.5 Å². The van der Waals surface area contributed by atoms with Crippen molar-refractivity contribution in [2.45, 2.75) is 123 Å². The number of aliphatic hydroxyl groups is 1. The van der Waals surface area contributed by atoms with Crippen molar-refractivity contribution in [1.29, 1.82) is 0 Å². The van der Waals surface area contributed by atoms with E-state index in [1.165, 1.54) is 7.11 Å². The van der Waals surface area contributed by atoms with Crippen LogP contribution in [0.4, 0.5) is 4.39 Å². The molecule has 2 aliphatic rings. The van der Waals surface area contributed by atoms with E-state index in [9.17, 15) is 9.90 Å². The Morgan fingerprint density at radius 2 is 2.00 bits per heavy atom. The molecule has 0 radical (unpaired) electrons. The summed E-state index contributed by atoms with van der Waals surface area (Å²) in [5.41, 5.74) is -0.968. The largest absolute Gasteiger partial charge is 0.469 e. The van der Waals surface area contributed by atoms with Crippen LogP contribution in [0.25, 0.3) is 0 Å². The fourth-order valence-electron chi connectivity index (χ4n) is 5.27. The van der Waals surface area contributed by atoms with Gasteiger partial charge in [-0.15, -0.1) is 0 Å². The molecule has 1 N–H and O–H groups in total. The number of hydrogen-bond donors (Lipinski definition) is 1. The monoisotopic (exact) mass is 496 g/mol. The second-order valence-corrected chi connectivity index (χ2v) is 11.2. The summed E-state index contributed by atoms with van der Waals surface area (Å²) in [4.78, 5) is 11.3. The molecule has 1 saturated carbocycles. The number of aliphatic hydroxyl groups excluding tert-OH is 1. The van der Waals surface area contributed by atoms with Gasteiger partial charge >= 0.3 is 5.97 Å². The van der Waals surface area contributed by atoms with Crippen LogP contribution in [0, 0.1) is 16.7 Å². The third-order valence-corrected chi connectivity index (χ3v) is 8.05. The molecule has 0 aromatic heterocycles. The summed E-state index contributed by atoms with van der Waals surface area (Å²) in [6, 6.07) is 0. The molecule has 202 valence electrons. The van der Waals surface area contributed by atoms with Gasteiger partial charge in [-0.05, 0) is 62.7 Å². The van der Waals surface area contributed by atoms with Gasteiger partial charge in [-0.1, -0.05) is 64.8 Å². The van der Waals surface area contributed by atoms with Crippen LogP contribution in [0.3, 0.4) is 0 Å². The maximum absolute atomic E-state index is 15.5. The molecule has 1 heterocycles. The van der Waals surface area contributed by atoms with Gasteiger partial charge in [-0.2, -0.15) is 0 Å². The highest BCUT2D eigenvalue weighted by Crippen LogP contribution is 2.48. The highest BCUT2D eigenvalue weighted by Gasteiger charge is 2.50. The van der Waals surface area contributed by atoms with Crippen molar-refractivity contribution in [3.8, 4) is 0 Å². The van der Waals surface area contributed by atoms with E-state index in [1.54, 1.807) is 12.2 Å². The van der Waals surface area contributed by atoms with Gasteiger partial charge in [0.25, 0.3) is 0 Å². The second kappa shape index (κ2) is 14.5. The van der Waals surface area contributed by atoms with Gasteiger partial charge in [0.15, 0.2) is 6.29 Å². The fraction of sp³-hybridized carbons (Fsp3) is 0.828. The van der Waals surface area contributed by atoms with E-state index in [1.807, 2.05) is 6.92 Å². The topological polar surface area (TPSA) is 65.0 Å². The van der Waals surface area contributed by atoms with Gasteiger partial charge < -0.3 is 19.3 Å². The van der Waals surface area contributed by atoms with E-state index >= 15 is 4.39 Å². The molecule has 1 aliphatic carbocycles. The Kier molecular flexibility index (Phi) is 12.4. The molecule has 2 fully saturated rings. The number of ether oxygens (including phenoxy) is 3. The van der Waals surface area contributed by atoms with Crippen LogP contribution in [0.5, 0.6) is 0 Å². The molecule has 5 nitrogen and oxygen atoms in total. The summed E-state index contributed by atoms with van der Waals surface area (Å²) < 4.78 is 32.5. The molecule has 0 spiro atoms. The number of rotatable bonds is 14. The summed E-state index contributed by atoms with van der Waals surface area (Å²) in [6.07, 6.45) is 14.5. The second-order valence-electron chi connectivity index (χ2n) is 11.2. The molecule has 0 aromatic rings. The van der Waals surface area contributed by atoms with Gasteiger partial charge in [-0.3, -0.25) is 4.79 Å². The first-order valence-corrected chi connectivity index (χ1v) is 13.7. The smallest absolute Gasteiger partial charge is 0.305 e. The summed E-state index contributed by atoms with van der Waals surface area (Å²) in [5, 5.41) is 10.8. The lowest BCUT2D eigenvalue weighted by atomic mass is 9.73. The molecule has 6 atom stereocenters. The van der Waals surface area contributed by atoms with Gasteiger partial charge in [0.2, 0.25) is 0 Å². The molecule has 35 heavy (non-hydrogen) atoms. The molecule has 0 bridgehead atoms. The third kappa shape index (κ3) is 8.68. The zero-order chi connectivity index (χ0) is 25.9. The Bertz CT molecular complexity index is 685. The van der Waals surface area contributed by atoms with Gasteiger partial charge in [-0.25, -0.2) is 4.39 Å². The summed E-state index contributed by atoms with van der Waals surface area (Å²) in [6.45, 7) is 9.25. The van der Waals surface area contributed by atoms with Gasteiger partial charge in [0, 0.05) is 18.4 Å². The van der Waals surface area contributed by atoms with Crippen molar-refractivity contribution >= 4 is 5.97 Å². The van der Waals surface area contributed by atoms with Crippen LogP contribution >= 0.6 is 0 Å². The SMILES string of the molecule is CCCCC(C)(C)[C@@H](/C=C/[C@H]1CC[C@H](O)[C@]1(C)C(F)/C=C\CCCC(=O)OC)OC1CCCCO1. The number of carbonyl (C=O) groups excluding carboxylic acids is 1. The minimum absolute atomic E-state index is 0.0738. The van der Waals surface area contributed by atoms with E-state index in [0.717, 1.165) is 51.6 Å². The lowest BCUT2D eigenvalue weighted by molar-refractivity contribution is -0.197. The predicted molar refractivity (Wildman–Crippen MR) is 138 cm³/mol. The van der Waals surface area contributed by atoms with Crippen molar-refractivity contribution in [3.63, 3.8) is 0 Å². The maximum Gasteiger partial charge on any atom is 0.305 e. The Labute approximate surface area is 212 Å². The first-order chi connectivity index (χ1) is 16.6. The molecular weight excluding hydrogens is 447 g/mol. The average molecular weight is 497 g/mol. The quantitative estimate of drug-likeness (QED) is 0.165. The number of halogens is 1. The normalized spacial score (nSPS) is 29.6. The standard InChI is InChI=1S/C29H49FO5/c1-6-7-20-28(2,3)25(35-27-15-11-12-21-34-27)19-17-22-16-18-24(31)29(22,4)23(30)13-9-8-10-14-26(32)33-5/h9,13,17,19,22-25,27,31H,6-8,10-12,14-16,18,20-21H2,1-5H3/b13-9-,19-17+/t22-,23?,24+,25-,27?,29+/m1/s1. The lowest BCUT2D eigenvalue weighted by Gasteiger charge is -2.38. The van der Waals surface area contributed by atoms with Crippen LogP contribution in [-0.4, -0.2) is 49.5 Å². The zero-order valence-electron chi connectivity index (χ0n) is 22.6. The number of unbranched alkanes of at least 4 members (excludes halogenated alkanes) is 2. The number of hydrogen-bond acceptors (Lipinski definition) is 5. The number of methoxy groups -OCH3 is 1. The highest BCUT2D eigenvalue weighted by molar-refractivity contribution is 5.69. The first kappa shape index (κ1) is 30.0. The van der Waals surface area contributed by atoms with E-state index in [2.05, 4.69) is 37.7 Å². The number of alkyl halides is 1. The van der Waals surface area contributed by atoms with Crippen molar-refractivity contribution in [2.24, 2.45) is 16.7 Å². The van der Waals surface area contributed by atoms with Crippen molar-refractivity contribution in [2.75, 3.05) is 13.7 Å². The van der Waals surface area contributed by atoms with Crippen molar-refractivity contribution in [1.82, 2.24) is 0 Å². The van der Waals surface area contributed by atoms with Crippen LogP contribution in [0.2, 0.25) is 0 Å². The minimum Gasteiger partial charge on any atom is -0.469 e. The maximum atomic E-state index is 15.5. The molecular formula is C29H49FO5. The molecule has 6 heteroatoms. The molecule has 2 unspecified atom stereocenters. The van der Waals surface area contributed by atoms with E-state index < -0.39 is 17.7 Å². The molecule has 0 aromatic carbocycles. The van der Waals surface area contributed by atoms with Crippen molar-refractivity contribution in [3.05, 3.63) is 24.3 Å². The lowest BCUT2D eigenvalue weighted by Crippen LogP contribution is -2.40. The number of carbonyl (C=O) groups is 1. The van der Waals surface area contributed by atoms with E-state index in [-0.39, 0.29) is 29.7 Å². The Balaban J connectivity index is 2.11. The molecule has 2 rings (SSSR count). The Morgan fingerprint density at radius 3 is 2.66 bits per heavy atom. The number of allylic oxidation sites excluding steroid dienone is 3. The molecule has 0 amide bonds. The van der Waals surface area contributed by atoms with Crippen LogP contribution in [0.15, 0.2) is 24.3 Å². The first-order valence-electron chi connectivity index (χ1n) is 13.7.